The van der Waals surface area contributed by atoms with Crippen molar-refractivity contribution in [1.29, 1.82) is 0 Å². The average Bonchev–Trinajstić information content (AvgIpc) is 1.98. The second-order valence-electron chi connectivity index (χ2n) is 3.93. The van der Waals surface area contributed by atoms with Crippen molar-refractivity contribution in [2.24, 2.45) is 11.7 Å². The number of hydrogen-bond donors (Lipinski definition) is 2. The lowest BCUT2D eigenvalue weighted by atomic mass is 10.0. The zero-order valence-electron chi connectivity index (χ0n) is 8.77. The average molecular weight is 172 g/mol. The van der Waals surface area contributed by atoms with Crippen LogP contribution in [0, 0.1) is 5.92 Å². The molecule has 12 heavy (non-hydrogen) atoms. The van der Waals surface area contributed by atoms with Gasteiger partial charge in [0, 0.05) is 6.04 Å². The molecule has 0 aliphatic heterocycles. The molecule has 0 saturated carbocycles. The fourth-order valence-electron chi connectivity index (χ4n) is 1.27. The van der Waals surface area contributed by atoms with Crippen LogP contribution in [-0.2, 0) is 0 Å². The topological polar surface area (TPSA) is 38.0 Å². The second kappa shape index (κ2) is 7.56. The van der Waals surface area contributed by atoms with Crippen LogP contribution in [0.2, 0.25) is 0 Å². The molecule has 0 bridgehead atoms. The van der Waals surface area contributed by atoms with E-state index in [1.54, 1.807) is 0 Å². The molecule has 0 aliphatic rings. The molecule has 0 aromatic rings. The Kier molecular flexibility index (Phi) is 7.51. The minimum Gasteiger partial charge on any atom is -0.330 e. The second-order valence-corrected chi connectivity index (χ2v) is 3.93. The SMILES string of the molecule is CC(CCN)CCCNC(C)C. The van der Waals surface area contributed by atoms with Crippen molar-refractivity contribution in [1.82, 2.24) is 5.32 Å². The van der Waals surface area contributed by atoms with Crippen LogP contribution in [0.1, 0.15) is 40.0 Å². The first-order valence-corrected chi connectivity index (χ1v) is 5.10. The largest absolute Gasteiger partial charge is 0.330 e. The van der Waals surface area contributed by atoms with Crippen molar-refractivity contribution in [3.8, 4) is 0 Å². The van der Waals surface area contributed by atoms with E-state index in [4.69, 9.17) is 5.73 Å². The maximum absolute atomic E-state index is 5.47. The molecule has 2 nitrogen and oxygen atoms in total. The Hall–Kier alpha value is -0.0800. The van der Waals surface area contributed by atoms with Gasteiger partial charge in [-0.1, -0.05) is 20.8 Å². The van der Waals surface area contributed by atoms with Crippen LogP contribution >= 0.6 is 0 Å². The molecule has 0 amide bonds. The Morgan fingerprint density at radius 3 is 2.33 bits per heavy atom. The van der Waals surface area contributed by atoms with Crippen LogP contribution in [-0.4, -0.2) is 19.1 Å². The highest BCUT2D eigenvalue weighted by molar-refractivity contribution is 4.57. The van der Waals surface area contributed by atoms with Gasteiger partial charge in [0.05, 0.1) is 0 Å². The van der Waals surface area contributed by atoms with Gasteiger partial charge in [-0.2, -0.15) is 0 Å². The monoisotopic (exact) mass is 172 g/mol. The summed E-state index contributed by atoms with van der Waals surface area (Å²) in [5.74, 6) is 0.795. The van der Waals surface area contributed by atoms with E-state index >= 15 is 0 Å². The highest BCUT2D eigenvalue weighted by atomic mass is 14.9. The number of nitrogens with one attached hydrogen (secondary N) is 1. The normalized spacial score (nSPS) is 13.8. The van der Waals surface area contributed by atoms with Crippen LogP contribution in [0.4, 0.5) is 0 Å². The van der Waals surface area contributed by atoms with Crippen LogP contribution in [0.5, 0.6) is 0 Å². The van der Waals surface area contributed by atoms with Crippen LogP contribution in [0.15, 0.2) is 0 Å². The Balaban J connectivity index is 3.08. The van der Waals surface area contributed by atoms with Crippen LogP contribution in [0.25, 0.3) is 0 Å². The highest BCUT2D eigenvalue weighted by Gasteiger charge is 2.00. The van der Waals surface area contributed by atoms with Gasteiger partial charge in [0.2, 0.25) is 0 Å². The van der Waals surface area contributed by atoms with E-state index in [1.807, 2.05) is 0 Å². The minimum absolute atomic E-state index is 0.620. The summed E-state index contributed by atoms with van der Waals surface area (Å²) in [5, 5.41) is 3.41. The summed E-state index contributed by atoms with van der Waals surface area (Å²) in [7, 11) is 0. The summed E-state index contributed by atoms with van der Waals surface area (Å²) in [6, 6.07) is 0.620. The van der Waals surface area contributed by atoms with E-state index in [-0.39, 0.29) is 0 Å². The maximum atomic E-state index is 5.47. The first-order chi connectivity index (χ1) is 5.66. The zero-order valence-corrected chi connectivity index (χ0v) is 8.77. The summed E-state index contributed by atoms with van der Waals surface area (Å²) in [6.07, 6.45) is 3.75. The number of nitrogens with two attached hydrogens (primary N) is 1. The molecular formula is C10H24N2. The molecule has 0 radical (unpaired) electrons. The molecule has 0 aliphatic carbocycles. The minimum atomic E-state index is 0.620. The quantitative estimate of drug-likeness (QED) is 0.574. The first kappa shape index (κ1) is 11.9. The van der Waals surface area contributed by atoms with Crippen molar-refractivity contribution in [3.63, 3.8) is 0 Å². The molecule has 0 saturated heterocycles. The van der Waals surface area contributed by atoms with Gasteiger partial charge in [-0.15, -0.1) is 0 Å². The van der Waals surface area contributed by atoms with Gasteiger partial charge in [-0.05, 0) is 38.3 Å². The fraction of sp³-hybridized carbons (Fsp3) is 1.00. The Bertz CT molecular complexity index is 91.8. The van der Waals surface area contributed by atoms with Crippen LogP contribution < -0.4 is 11.1 Å². The van der Waals surface area contributed by atoms with Crippen molar-refractivity contribution < 1.29 is 0 Å². The van der Waals surface area contributed by atoms with Crippen molar-refractivity contribution in [2.45, 2.75) is 46.1 Å². The predicted molar refractivity (Wildman–Crippen MR) is 55.2 cm³/mol. The van der Waals surface area contributed by atoms with E-state index < -0.39 is 0 Å². The van der Waals surface area contributed by atoms with E-state index in [0.29, 0.717) is 6.04 Å². The highest BCUT2D eigenvalue weighted by Crippen LogP contribution is 2.07. The molecule has 0 fully saturated rings. The fourth-order valence-corrected chi connectivity index (χ4v) is 1.27. The number of rotatable bonds is 7. The van der Waals surface area contributed by atoms with Gasteiger partial charge in [-0.3, -0.25) is 0 Å². The summed E-state index contributed by atoms with van der Waals surface area (Å²) in [5.41, 5.74) is 5.47. The van der Waals surface area contributed by atoms with Gasteiger partial charge in [0.25, 0.3) is 0 Å². The molecular weight excluding hydrogens is 148 g/mol. The Morgan fingerprint density at radius 2 is 1.83 bits per heavy atom. The summed E-state index contributed by atoms with van der Waals surface area (Å²) < 4.78 is 0. The predicted octanol–water partition coefficient (Wildman–Crippen LogP) is 1.75. The third kappa shape index (κ3) is 8.02. The van der Waals surface area contributed by atoms with E-state index in [9.17, 15) is 0 Å². The Morgan fingerprint density at radius 1 is 1.17 bits per heavy atom. The third-order valence-electron chi connectivity index (χ3n) is 2.09. The maximum Gasteiger partial charge on any atom is 0.00103 e. The Labute approximate surface area is 76.9 Å². The number of hydrogen-bond acceptors (Lipinski definition) is 2. The summed E-state index contributed by atoms with van der Waals surface area (Å²) in [4.78, 5) is 0. The molecule has 74 valence electrons. The molecule has 0 spiro atoms. The van der Waals surface area contributed by atoms with Gasteiger partial charge >= 0.3 is 0 Å². The third-order valence-corrected chi connectivity index (χ3v) is 2.09. The van der Waals surface area contributed by atoms with Gasteiger partial charge in [-0.25, -0.2) is 0 Å². The van der Waals surface area contributed by atoms with Gasteiger partial charge in [0.15, 0.2) is 0 Å². The van der Waals surface area contributed by atoms with Gasteiger partial charge in [0.1, 0.15) is 0 Å². The van der Waals surface area contributed by atoms with Crippen molar-refractivity contribution >= 4 is 0 Å². The molecule has 2 heteroatoms. The smallest absolute Gasteiger partial charge is 0.00103 e. The first-order valence-electron chi connectivity index (χ1n) is 5.10. The van der Waals surface area contributed by atoms with E-state index in [2.05, 4.69) is 26.1 Å². The van der Waals surface area contributed by atoms with Crippen molar-refractivity contribution in [3.05, 3.63) is 0 Å². The van der Waals surface area contributed by atoms with Crippen molar-refractivity contribution in [2.75, 3.05) is 13.1 Å². The van der Waals surface area contributed by atoms with E-state index in [0.717, 1.165) is 19.0 Å². The lowest BCUT2D eigenvalue weighted by Crippen LogP contribution is -2.24. The summed E-state index contributed by atoms with van der Waals surface area (Å²) in [6.45, 7) is 8.63. The molecule has 0 aromatic carbocycles. The summed E-state index contributed by atoms with van der Waals surface area (Å²) >= 11 is 0. The molecule has 1 unspecified atom stereocenters. The lowest BCUT2D eigenvalue weighted by Gasteiger charge is -2.11. The van der Waals surface area contributed by atoms with E-state index in [1.165, 1.54) is 19.3 Å². The molecule has 0 aromatic heterocycles. The molecule has 3 N–H and O–H groups in total. The van der Waals surface area contributed by atoms with Gasteiger partial charge < -0.3 is 11.1 Å². The molecule has 1 atom stereocenters. The molecule has 0 heterocycles. The standard InChI is InChI=1S/C10H24N2/c1-9(2)12-8-4-5-10(3)6-7-11/h9-10,12H,4-8,11H2,1-3H3. The molecule has 0 rings (SSSR count). The lowest BCUT2D eigenvalue weighted by molar-refractivity contribution is 0.458. The van der Waals surface area contributed by atoms with Crippen LogP contribution in [0.3, 0.4) is 0 Å². The zero-order chi connectivity index (χ0) is 9.40.